The molecule has 0 radical (unpaired) electrons. The number of carbonyl (C=O) groups excluding carboxylic acids is 1. The summed E-state index contributed by atoms with van der Waals surface area (Å²) < 4.78 is 0. The van der Waals surface area contributed by atoms with E-state index in [0.29, 0.717) is 0 Å². The Bertz CT molecular complexity index is 280. The van der Waals surface area contributed by atoms with Gasteiger partial charge in [0.15, 0.2) is 0 Å². The lowest BCUT2D eigenvalue weighted by Crippen LogP contribution is -1.92. The Kier molecular flexibility index (Phi) is 2.48. The first-order chi connectivity index (χ1) is 5.65. The molecule has 0 amide bonds. The number of phenols is 1. The fourth-order valence-electron chi connectivity index (χ4n) is 1.32. The van der Waals surface area contributed by atoms with Gasteiger partial charge in [-0.2, -0.15) is 0 Å². The van der Waals surface area contributed by atoms with E-state index in [0.717, 1.165) is 23.0 Å². The number of hydrogen-bond acceptors (Lipinski definition) is 2. The van der Waals surface area contributed by atoms with Crippen molar-refractivity contribution in [1.82, 2.24) is 0 Å². The largest absolute Gasteiger partial charge is 0.508 e. The monoisotopic (exact) mass is 164 g/mol. The van der Waals surface area contributed by atoms with Crippen LogP contribution in [0.5, 0.6) is 5.75 Å². The first-order valence-corrected chi connectivity index (χ1v) is 3.88. The second kappa shape index (κ2) is 3.39. The highest BCUT2D eigenvalue weighted by Crippen LogP contribution is 2.22. The summed E-state index contributed by atoms with van der Waals surface area (Å²) in [5, 5.41) is 9.44. The Morgan fingerprint density at radius 2 is 2.08 bits per heavy atom. The van der Waals surface area contributed by atoms with Crippen LogP contribution in [0.1, 0.15) is 16.7 Å². The molecular formula is C10H12O2. The summed E-state index contributed by atoms with van der Waals surface area (Å²) in [6, 6.07) is 3.63. The van der Waals surface area contributed by atoms with Crippen LogP contribution >= 0.6 is 0 Å². The molecule has 0 bridgehead atoms. The first kappa shape index (κ1) is 8.78. The molecule has 64 valence electrons. The third-order valence-corrected chi connectivity index (χ3v) is 1.88. The highest BCUT2D eigenvalue weighted by atomic mass is 16.3. The summed E-state index contributed by atoms with van der Waals surface area (Å²) in [6.45, 7) is 3.81. The smallest absolute Gasteiger partial charge is 0.124 e. The standard InChI is InChI=1S/C10H12O2/c1-7-5-8(2)9(3-4-11)10(12)6-7/h4-6,12H,3H2,1-2H3. The minimum Gasteiger partial charge on any atom is -0.508 e. The number of aldehydes is 1. The van der Waals surface area contributed by atoms with Gasteiger partial charge in [-0.1, -0.05) is 6.07 Å². The van der Waals surface area contributed by atoms with Crippen molar-refractivity contribution in [3.63, 3.8) is 0 Å². The molecular weight excluding hydrogens is 152 g/mol. The molecule has 12 heavy (non-hydrogen) atoms. The van der Waals surface area contributed by atoms with Crippen molar-refractivity contribution in [2.45, 2.75) is 20.3 Å². The van der Waals surface area contributed by atoms with Crippen molar-refractivity contribution < 1.29 is 9.90 Å². The first-order valence-electron chi connectivity index (χ1n) is 3.88. The Morgan fingerprint density at radius 3 is 2.58 bits per heavy atom. The normalized spacial score (nSPS) is 9.83. The molecule has 0 aliphatic rings. The molecule has 0 unspecified atom stereocenters. The van der Waals surface area contributed by atoms with Crippen LogP contribution in [0.15, 0.2) is 12.1 Å². The average Bonchev–Trinajstić information content (AvgIpc) is 1.96. The maximum atomic E-state index is 10.3. The van der Waals surface area contributed by atoms with Crippen LogP contribution in [0, 0.1) is 13.8 Å². The number of hydrogen-bond donors (Lipinski definition) is 1. The molecule has 0 spiro atoms. The van der Waals surface area contributed by atoms with E-state index >= 15 is 0 Å². The summed E-state index contributed by atoms with van der Waals surface area (Å²) >= 11 is 0. The fraction of sp³-hybridized carbons (Fsp3) is 0.300. The SMILES string of the molecule is Cc1cc(C)c(CC=O)c(O)c1. The summed E-state index contributed by atoms with van der Waals surface area (Å²) in [4.78, 5) is 10.3. The maximum Gasteiger partial charge on any atom is 0.124 e. The van der Waals surface area contributed by atoms with Gasteiger partial charge >= 0.3 is 0 Å². The van der Waals surface area contributed by atoms with E-state index in [9.17, 15) is 9.90 Å². The van der Waals surface area contributed by atoms with Crippen LogP contribution in [0.25, 0.3) is 0 Å². The van der Waals surface area contributed by atoms with Gasteiger partial charge in [-0.15, -0.1) is 0 Å². The molecule has 0 fully saturated rings. The van der Waals surface area contributed by atoms with Crippen molar-refractivity contribution in [3.05, 3.63) is 28.8 Å². The molecule has 2 nitrogen and oxygen atoms in total. The molecule has 1 aromatic rings. The molecule has 1 rings (SSSR count). The number of rotatable bonds is 2. The van der Waals surface area contributed by atoms with Gasteiger partial charge in [0.1, 0.15) is 12.0 Å². The van der Waals surface area contributed by atoms with Crippen LogP contribution in [-0.2, 0) is 11.2 Å². The number of phenolic OH excluding ortho intramolecular Hbond substituents is 1. The molecule has 2 heteroatoms. The average molecular weight is 164 g/mol. The van der Waals surface area contributed by atoms with E-state index in [1.165, 1.54) is 0 Å². The Hall–Kier alpha value is -1.31. The maximum absolute atomic E-state index is 10.3. The minimum atomic E-state index is 0.222. The van der Waals surface area contributed by atoms with Crippen molar-refractivity contribution in [1.29, 1.82) is 0 Å². The molecule has 0 aliphatic heterocycles. The van der Waals surface area contributed by atoms with Gasteiger partial charge in [0.25, 0.3) is 0 Å². The second-order valence-corrected chi connectivity index (χ2v) is 2.95. The van der Waals surface area contributed by atoms with E-state index in [4.69, 9.17) is 0 Å². The van der Waals surface area contributed by atoms with E-state index in [-0.39, 0.29) is 12.2 Å². The molecule has 0 aromatic heterocycles. The van der Waals surface area contributed by atoms with E-state index in [1.54, 1.807) is 6.07 Å². The van der Waals surface area contributed by atoms with Gasteiger partial charge in [-0.3, -0.25) is 0 Å². The predicted octanol–water partition coefficient (Wildman–Crippen LogP) is 1.75. The van der Waals surface area contributed by atoms with Gasteiger partial charge in [0.05, 0.1) is 0 Å². The summed E-state index contributed by atoms with van der Waals surface area (Å²) in [6.07, 6.45) is 1.09. The van der Waals surface area contributed by atoms with Gasteiger partial charge in [-0.25, -0.2) is 0 Å². The third-order valence-electron chi connectivity index (χ3n) is 1.88. The zero-order valence-corrected chi connectivity index (χ0v) is 7.29. The quantitative estimate of drug-likeness (QED) is 0.676. The molecule has 0 atom stereocenters. The van der Waals surface area contributed by atoms with Crippen molar-refractivity contribution in [2.75, 3.05) is 0 Å². The topological polar surface area (TPSA) is 37.3 Å². The van der Waals surface area contributed by atoms with Crippen LogP contribution in [0.3, 0.4) is 0 Å². The molecule has 0 saturated heterocycles. The lowest BCUT2D eigenvalue weighted by molar-refractivity contribution is -0.107. The number of benzene rings is 1. The molecule has 0 aliphatic carbocycles. The zero-order chi connectivity index (χ0) is 9.14. The molecule has 1 N–H and O–H groups in total. The Balaban J connectivity index is 3.18. The lowest BCUT2D eigenvalue weighted by atomic mass is 10.0. The number of carbonyl (C=O) groups is 1. The van der Waals surface area contributed by atoms with Crippen molar-refractivity contribution >= 4 is 6.29 Å². The van der Waals surface area contributed by atoms with E-state index in [1.807, 2.05) is 19.9 Å². The van der Waals surface area contributed by atoms with Crippen LogP contribution in [0.2, 0.25) is 0 Å². The fourth-order valence-corrected chi connectivity index (χ4v) is 1.32. The van der Waals surface area contributed by atoms with Crippen molar-refractivity contribution in [2.24, 2.45) is 0 Å². The van der Waals surface area contributed by atoms with Gasteiger partial charge in [0, 0.05) is 12.0 Å². The van der Waals surface area contributed by atoms with Crippen LogP contribution in [0.4, 0.5) is 0 Å². The summed E-state index contributed by atoms with van der Waals surface area (Å²) in [7, 11) is 0. The molecule has 1 aromatic carbocycles. The predicted molar refractivity (Wildman–Crippen MR) is 47.3 cm³/mol. The third kappa shape index (κ3) is 1.64. The highest BCUT2D eigenvalue weighted by molar-refractivity contribution is 5.59. The highest BCUT2D eigenvalue weighted by Gasteiger charge is 2.04. The van der Waals surface area contributed by atoms with Gasteiger partial charge < -0.3 is 9.90 Å². The molecule has 0 saturated carbocycles. The van der Waals surface area contributed by atoms with Gasteiger partial charge in [-0.05, 0) is 31.0 Å². The van der Waals surface area contributed by atoms with Crippen molar-refractivity contribution in [3.8, 4) is 5.75 Å². The van der Waals surface area contributed by atoms with Crippen LogP contribution in [-0.4, -0.2) is 11.4 Å². The second-order valence-electron chi connectivity index (χ2n) is 2.95. The summed E-state index contributed by atoms with van der Waals surface area (Å²) in [5.74, 6) is 0.222. The van der Waals surface area contributed by atoms with E-state index < -0.39 is 0 Å². The Morgan fingerprint density at radius 1 is 1.42 bits per heavy atom. The number of aromatic hydroxyl groups is 1. The number of aryl methyl sites for hydroxylation is 2. The van der Waals surface area contributed by atoms with E-state index in [2.05, 4.69) is 0 Å². The van der Waals surface area contributed by atoms with Gasteiger partial charge in [0.2, 0.25) is 0 Å². The summed E-state index contributed by atoms with van der Waals surface area (Å²) in [5.41, 5.74) is 2.72. The Labute approximate surface area is 71.8 Å². The molecule has 0 heterocycles. The lowest BCUT2D eigenvalue weighted by Gasteiger charge is -2.06. The minimum absolute atomic E-state index is 0.222. The zero-order valence-electron chi connectivity index (χ0n) is 7.29. The van der Waals surface area contributed by atoms with Crippen LogP contribution < -0.4 is 0 Å².